The van der Waals surface area contributed by atoms with E-state index in [9.17, 15) is 9.59 Å². The second-order valence-corrected chi connectivity index (χ2v) is 6.22. The number of hydrogen-bond acceptors (Lipinski definition) is 4. The topological polar surface area (TPSA) is 64.4 Å². The van der Waals surface area contributed by atoms with E-state index < -0.39 is 12.6 Å². The molecular formula is C20H18ClN3O3. The summed E-state index contributed by atoms with van der Waals surface area (Å²) in [4.78, 5) is 26.2. The van der Waals surface area contributed by atoms with Crippen LogP contribution in [0.25, 0.3) is 5.69 Å². The zero-order valence-corrected chi connectivity index (χ0v) is 15.7. The number of aryl methyl sites for hydroxylation is 1. The van der Waals surface area contributed by atoms with Crippen molar-refractivity contribution in [1.82, 2.24) is 9.78 Å². The smallest absolute Gasteiger partial charge is 0.343 e. The second-order valence-electron chi connectivity index (χ2n) is 5.86. The summed E-state index contributed by atoms with van der Waals surface area (Å²) in [6.45, 7) is 1.27. The van der Waals surface area contributed by atoms with E-state index in [0.29, 0.717) is 11.4 Å². The Morgan fingerprint density at radius 3 is 2.30 bits per heavy atom. The van der Waals surface area contributed by atoms with Gasteiger partial charge in [0, 0.05) is 12.7 Å². The summed E-state index contributed by atoms with van der Waals surface area (Å²) in [6, 6.07) is 18.3. The van der Waals surface area contributed by atoms with Crippen molar-refractivity contribution in [3.05, 3.63) is 77.1 Å². The van der Waals surface area contributed by atoms with Crippen LogP contribution in [0.5, 0.6) is 0 Å². The number of ether oxygens (including phenoxy) is 1. The van der Waals surface area contributed by atoms with Gasteiger partial charge in [-0.1, -0.05) is 48.0 Å². The van der Waals surface area contributed by atoms with Crippen molar-refractivity contribution in [2.75, 3.05) is 18.6 Å². The molecule has 27 heavy (non-hydrogen) atoms. The Morgan fingerprint density at radius 2 is 1.67 bits per heavy atom. The molecule has 0 spiro atoms. The van der Waals surface area contributed by atoms with E-state index in [-0.39, 0.29) is 16.6 Å². The number of esters is 1. The molecule has 0 radical (unpaired) electrons. The molecule has 0 N–H and O–H groups in total. The number of amides is 1. The number of para-hydroxylation sites is 2. The number of benzene rings is 2. The van der Waals surface area contributed by atoms with Crippen molar-refractivity contribution < 1.29 is 14.3 Å². The third-order valence-electron chi connectivity index (χ3n) is 4.05. The number of carbonyl (C=O) groups excluding carboxylic acids is 2. The van der Waals surface area contributed by atoms with Gasteiger partial charge in [0.2, 0.25) is 0 Å². The lowest BCUT2D eigenvalue weighted by molar-refractivity contribution is -0.121. The lowest BCUT2D eigenvalue weighted by Crippen LogP contribution is -2.31. The van der Waals surface area contributed by atoms with E-state index in [0.717, 1.165) is 5.69 Å². The van der Waals surface area contributed by atoms with Crippen LogP contribution in [0.4, 0.5) is 5.69 Å². The molecule has 6 nitrogen and oxygen atoms in total. The van der Waals surface area contributed by atoms with Crippen molar-refractivity contribution in [3.8, 4) is 5.69 Å². The van der Waals surface area contributed by atoms with Gasteiger partial charge in [-0.3, -0.25) is 4.79 Å². The average molecular weight is 384 g/mol. The fraction of sp³-hybridized carbons (Fsp3) is 0.150. The summed E-state index contributed by atoms with van der Waals surface area (Å²) in [5.41, 5.74) is 2.02. The van der Waals surface area contributed by atoms with Gasteiger partial charge < -0.3 is 9.64 Å². The molecule has 3 rings (SSSR count). The molecule has 0 saturated carbocycles. The number of aromatic nitrogens is 2. The van der Waals surface area contributed by atoms with Crippen LogP contribution in [0.1, 0.15) is 16.1 Å². The van der Waals surface area contributed by atoms with E-state index in [1.54, 1.807) is 26.1 Å². The van der Waals surface area contributed by atoms with Crippen LogP contribution in [-0.4, -0.2) is 35.3 Å². The van der Waals surface area contributed by atoms with Crippen LogP contribution in [-0.2, 0) is 9.53 Å². The zero-order valence-electron chi connectivity index (χ0n) is 14.9. The molecule has 1 amide bonds. The monoisotopic (exact) mass is 383 g/mol. The molecule has 0 atom stereocenters. The van der Waals surface area contributed by atoms with Gasteiger partial charge in [0.1, 0.15) is 10.7 Å². The van der Waals surface area contributed by atoms with Crippen LogP contribution in [0, 0.1) is 6.92 Å². The SMILES string of the molecule is Cc1nn(-c2ccccc2)c(Cl)c1C(=O)OCC(=O)N(C)c1ccccc1. The fourth-order valence-corrected chi connectivity index (χ4v) is 2.91. The summed E-state index contributed by atoms with van der Waals surface area (Å²) < 4.78 is 6.64. The number of nitrogens with zero attached hydrogens (tertiary/aromatic N) is 3. The molecule has 0 aliphatic heterocycles. The molecule has 0 bridgehead atoms. The molecule has 3 aromatic rings. The Labute approximate surface area is 161 Å². The largest absolute Gasteiger partial charge is 0.452 e. The number of likely N-dealkylation sites (N-methyl/N-ethyl adjacent to an activating group) is 1. The first-order chi connectivity index (χ1) is 13.0. The Balaban J connectivity index is 1.72. The van der Waals surface area contributed by atoms with Gasteiger partial charge in [-0.25, -0.2) is 9.48 Å². The van der Waals surface area contributed by atoms with Gasteiger partial charge in [0.25, 0.3) is 5.91 Å². The highest BCUT2D eigenvalue weighted by Gasteiger charge is 2.23. The van der Waals surface area contributed by atoms with Crippen LogP contribution < -0.4 is 4.90 Å². The predicted molar refractivity (Wildman–Crippen MR) is 103 cm³/mol. The highest BCUT2D eigenvalue weighted by Crippen LogP contribution is 2.24. The van der Waals surface area contributed by atoms with Crippen LogP contribution in [0.15, 0.2) is 60.7 Å². The van der Waals surface area contributed by atoms with E-state index in [1.165, 1.54) is 9.58 Å². The molecule has 7 heteroatoms. The predicted octanol–water partition coefficient (Wildman–Crippen LogP) is 3.65. The molecule has 0 saturated heterocycles. The van der Waals surface area contributed by atoms with E-state index in [2.05, 4.69) is 5.10 Å². The maximum atomic E-state index is 12.5. The van der Waals surface area contributed by atoms with E-state index in [1.807, 2.05) is 48.5 Å². The standard InChI is InChI=1S/C20H18ClN3O3/c1-14-18(19(21)24(22-14)16-11-7-4-8-12-16)20(26)27-13-17(25)23(2)15-9-5-3-6-10-15/h3-12H,13H2,1-2H3. The van der Waals surface area contributed by atoms with Gasteiger partial charge in [-0.15, -0.1) is 0 Å². The molecule has 138 valence electrons. The summed E-state index contributed by atoms with van der Waals surface area (Å²) >= 11 is 6.34. The Hall–Kier alpha value is -3.12. The molecular weight excluding hydrogens is 366 g/mol. The third-order valence-corrected chi connectivity index (χ3v) is 4.40. The minimum Gasteiger partial charge on any atom is -0.452 e. The first kappa shape index (κ1) is 18.7. The molecule has 1 aromatic heterocycles. The Morgan fingerprint density at radius 1 is 1.07 bits per heavy atom. The fourth-order valence-electron chi connectivity index (χ4n) is 2.56. The van der Waals surface area contributed by atoms with Gasteiger partial charge >= 0.3 is 5.97 Å². The summed E-state index contributed by atoms with van der Waals surface area (Å²) in [6.07, 6.45) is 0. The van der Waals surface area contributed by atoms with E-state index in [4.69, 9.17) is 16.3 Å². The molecule has 0 unspecified atom stereocenters. The van der Waals surface area contributed by atoms with Gasteiger partial charge in [-0.2, -0.15) is 5.10 Å². The van der Waals surface area contributed by atoms with Crippen LogP contribution >= 0.6 is 11.6 Å². The highest BCUT2D eigenvalue weighted by atomic mass is 35.5. The van der Waals surface area contributed by atoms with Crippen molar-refractivity contribution >= 4 is 29.2 Å². The lowest BCUT2D eigenvalue weighted by atomic mass is 10.2. The van der Waals surface area contributed by atoms with Gasteiger partial charge in [0.05, 0.1) is 11.4 Å². The first-order valence-corrected chi connectivity index (χ1v) is 8.66. The Bertz CT molecular complexity index is 955. The molecule has 0 aliphatic carbocycles. The Kier molecular flexibility index (Phi) is 5.57. The number of hydrogen-bond donors (Lipinski definition) is 0. The minimum atomic E-state index is -0.686. The van der Waals surface area contributed by atoms with Crippen molar-refractivity contribution in [2.45, 2.75) is 6.92 Å². The first-order valence-electron chi connectivity index (χ1n) is 8.28. The van der Waals surface area contributed by atoms with Crippen molar-refractivity contribution in [3.63, 3.8) is 0 Å². The minimum absolute atomic E-state index is 0.146. The number of anilines is 1. The highest BCUT2D eigenvalue weighted by molar-refractivity contribution is 6.33. The van der Waals surface area contributed by atoms with Crippen molar-refractivity contribution in [2.24, 2.45) is 0 Å². The quantitative estimate of drug-likeness (QED) is 0.631. The number of rotatable bonds is 5. The summed E-state index contributed by atoms with van der Waals surface area (Å²) in [7, 11) is 1.62. The maximum absolute atomic E-state index is 12.5. The second kappa shape index (κ2) is 8.05. The van der Waals surface area contributed by atoms with Crippen LogP contribution in [0.3, 0.4) is 0 Å². The number of halogens is 1. The maximum Gasteiger partial charge on any atom is 0.343 e. The van der Waals surface area contributed by atoms with Gasteiger partial charge in [-0.05, 0) is 31.2 Å². The molecule has 0 aliphatic rings. The average Bonchev–Trinajstić information content (AvgIpc) is 3.00. The third kappa shape index (κ3) is 4.01. The zero-order chi connectivity index (χ0) is 19.4. The summed E-state index contributed by atoms with van der Waals surface area (Å²) in [5, 5.41) is 4.45. The van der Waals surface area contributed by atoms with Gasteiger partial charge in [0.15, 0.2) is 6.61 Å². The van der Waals surface area contributed by atoms with Crippen molar-refractivity contribution in [1.29, 1.82) is 0 Å². The molecule has 1 heterocycles. The lowest BCUT2D eigenvalue weighted by Gasteiger charge is -2.17. The van der Waals surface area contributed by atoms with E-state index >= 15 is 0 Å². The normalized spacial score (nSPS) is 10.5. The number of carbonyl (C=O) groups is 2. The molecule has 0 fully saturated rings. The summed E-state index contributed by atoms with van der Waals surface area (Å²) in [5.74, 6) is -1.03. The molecule has 2 aromatic carbocycles. The van der Waals surface area contributed by atoms with Crippen LogP contribution in [0.2, 0.25) is 5.15 Å².